The van der Waals surface area contributed by atoms with Crippen molar-refractivity contribution in [1.82, 2.24) is 4.90 Å². The van der Waals surface area contributed by atoms with E-state index in [1.54, 1.807) is 0 Å². The summed E-state index contributed by atoms with van der Waals surface area (Å²) in [6.07, 6.45) is 8.33. The van der Waals surface area contributed by atoms with Gasteiger partial charge in [0.1, 0.15) is 5.78 Å². The summed E-state index contributed by atoms with van der Waals surface area (Å²) < 4.78 is 0. The lowest BCUT2D eigenvalue weighted by molar-refractivity contribution is -0.120. The summed E-state index contributed by atoms with van der Waals surface area (Å²) >= 11 is 0. The number of nitrogens with zero attached hydrogens (tertiary/aromatic N) is 1. The van der Waals surface area contributed by atoms with Crippen LogP contribution in [-0.4, -0.2) is 29.8 Å². The Morgan fingerprint density at radius 3 is 2.53 bits per heavy atom. The molecular weight excluding hydrogens is 210 g/mol. The number of carbonyl (C=O) groups excluding carboxylic acids is 1. The molecule has 17 heavy (non-hydrogen) atoms. The van der Waals surface area contributed by atoms with Gasteiger partial charge >= 0.3 is 0 Å². The number of rotatable bonds is 7. The molecule has 0 bridgehead atoms. The van der Waals surface area contributed by atoms with Crippen molar-refractivity contribution in [2.24, 2.45) is 11.8 Å². The topological polar surface area (TPSA) is 20.3 Å². The molecule has 0 saturated heterocycles. The van der Waals surface area contributed by atoms with E-state index in [0.29, 0.717) is 11.7 Å². The quantitative estimate of drug-likeness (QED) is 0.677. The second-order valence-corrected chi connectivity index (χ2v) is 6.29. The van der Waals surface area contributed by atoms with E-state index in [0.717, 1.165) is 44.2 Å². The molecule has 0 aliphatic heterocycles. The Morgan fingerprint density at radius 1 is 1.24 bits per heavy atom. The molecule has 1 unspecified atom stereocenters. The largest absolute Gasteiger partial charge is 0.300 e. The van der Waals surface area contributed by atoms with E-state index in [-0.39, 0.29) is 0 Å². The van der Waals surface area contributed by atoms with Crippen LogP contribution in [0.15, 0.2) is 0 Å². The molecule has 2 aliphatic carbocycles. The fourth-order valence-corrected chi connectivity index (χ4v) is 2.86. The maximum atomic E-state index is 11.6. The van der Waals surface area contributed by atoms with E-state index in [2.05, 4.69) is 18.7 Å². The van der Waals surface area contributed by atoms with Crippen LogP contribution in [0, 0.1) is 11.8 Å². The van der Waals surface area contributed by atoms with Gasteiger partial charge in [0.2, 0.25) is 0 Å². The van der Waals surface area contributed by atoms with Crippen LogP contribution >= 0.6 is 0 Å². The fourth-order valence-electron chi connectivity index (χ4n) is 2.86. The lowest BCUT2D eigenvalue weighted by Gasteiger charge is -2.24. The van der Waals surface area contributed by atoms with Gasteiger partial charge in [-0.2, -0.15) is 0 Å². The van der Waals surface area contributed by atoms with Crippen molar-refractivity contribution < 1.29 is 4.79 Å². The minimum atomic E-state index is 0.398. The zero-order chi connectivity index (χ0) is 12.3. The summed E-state index contributed by atoms with van der Waals surface area (Å²) in [5.74, 6) is 1.73. The molecule has 0 aromatic rings. The smallest absolute Gasteiger partial charge is 0.136 e. The monoisotopic (exact) mass is 237 g/mol. The summed E-state index contributed by atoms with van der Waals surface area (Å²) in [6.45, 7) is 6.99. The van der Waals surface area contributed by atoms with Crippen LogP contribution in [0.25, 0.3) is 0 Å². The van der Waals surface area contributed by atoms with Gasteiger partial charge in [0.25, 0.3) is 0 Å². The van der Waals surface area contributed by atoms with Crippen molar-refractivity contribution in [3.63, 3.8) is 0 Å². The first-order chi connectivity index (χ1) is 8.16. The Labute approximate surface area is 106 Å². The van der Waals surface area contributed by atoms with Crippen molar-refractivity contribution in [3.05, 3.63) is 0 Å². The van der Waals surface area contributed by atoms with Crippen molar-refractivity contribution >= 4 is 5.78 Å². The average molecular weight is 237 g/mol. The molecule has 2 nitrogen and oxygen atoms in total. The van der Waals surface area contributed by atoms with Crippen LogP contribution < -0.4 is 0 Å². The number of carbonyl (C=O) groups is 1. The van der Waals surface area contributed by atoms with Gasteiger partial charge in [-0.05, 0) is 57.5 Å². The highest BCUT2D eigenvalue weighted by Crippen LogP contribution is 2.30. The van der Waals surface area contributed by atoms with E-state index in [1.807, 2.05) is 0 Å². The van der Waals surface area contributed by atoms with E-state index in [4.69, 9.17) is 0 Å². The Bertz CT molecular complexity index is 258. The standard InChI is InChI=1S/C15H27NO/c1-12(2)8-10-16(14-6-7-14)11-9-13-4-3-5-15(13)17/h12-14H,3-11H2,1-2H3. The Hall–Kier alpha value is -0.370. The number of hydrogen-bond donors (Lipinski definition) is 0. The molecule has 2 fully saturated rings. The molecule has 2 rings (SSSR count). The predicted octanol–water partition coefficient (Wildman–Crippen LogP) is 3.26. The van der Waals surface area contributed by atoms with E-state index in [9.17, 15) is 4.79 Å². The highest BCUT2D eigenvalue weighted by Gasteiger charge is 2.30. The van der Waals surface area contributed by atoms with Crippen LogP contribution in [0.4, 0.5) is 0 Å². The highest BCUT2D eigenvalue weighted by molar-refractivity contribution is 5.82. The summed E-state index contributed by atoms with van der Waals surface area (Å²) in [6, 6.07) is 0.852. The van der Waals surface area contributed by atoms with Crippen LogP contribution in [-0.2, 0) is 4.79 Å². The summed E-state index contributed by atoms with van der Waals surface area (Å²) in [7, 11) is 0. The molecule has 0 radical (unpaired) electrons. The summed E-state index contributed by atoms with van der Waals surface area (Å²) in [5, 5.41) is 0. The molecule has 0 N–H and O–H groups in total. The molecule has 2 aliphatic rings. The van der Waals surface area contributed by atoms with Crippen molar-refractivity contribution in [2.75, 3.05) is 13.1 Å². The molecule has 1 atom stereocenters. The van der Waals surface area contributed by atoms with Crippen LogP contribution in [0.5, 0.6) is 0 Å². The first-order valence-corrected chi connectivity index (χ1v) is 7.43. The first-order valence-electron chi connectivity index (χ1n) is 7.43. The lowest BCUT2D eigenvalue weighted by Crippen LogP contribution is -2.30. The zero-order valence-corrected chi connectivity index (χ0v) is 11.5. The molecule has 0 heterocycles. The average Bonchev–Trinajstić information content (AvgIpc) is 3.03. The fraction of sp³-hybridized carbons (Fsp3) is 0.933. The zero-order valence-electron chi connectivity index (χ0n) is 11.5. The molecule has 0 aromatic heterocycles. The minimum absolute atomic E-state index is 0.398. The molecule has 0 spiro atoms. The molecule has 0 aromatic carbocycles. The molecular formula is C15H27NO. The summed E-state index contributed by atoms with van der Waals surface area (Å²) in [4.78, 5) is 14.3. The maximum absolute atomic E-state index is 11.6. The molecule has 2 saturated carbocycles. The normalized spacial score (nSPS) is 25.2. The van der Waals surface area contributed by atoms with Crippen LogP contribution in [0.1, 0.15) is 58.8 Å². The van der Waals surface area contributed by atoms with E-state index in [1.165, 1.54) is 25.8 Å². The van der Waals surface area contributed by atoms with Crippen molar-refractivity contribution in [1.29, 1.82) is 0 Å². The molecule has 0 amide bonds. The van der Waals surface area contributed by atoms with Gasteiger partial charge in [-0.15, -0.1) is 0 Å². The second-order valence-electron chi connectivity index (χ2n) is 6.29. The first kappa shape index (κ1) is 13.1. The number of Topliss-reactive ketones (excluding diaryl/α,β-unsaturated/α-hetero) is 1. The maximum Gasteiger partial charge on any atom is 0.136 e. The summed E-state index contributed by atoms with van der Waals surface area (Å²) in [5.41, 5.74) is 0. The van der Waals surface area contributed by atoms with Crippen molar-refractivity contribution in [2.45, 2.75) is 64.8 Å². The van der Waals surface area contributed by atoms with Gasteiger partial charge < -0.3 is 4.90 Å². The van der Waals surface area contributed by atoms with E-state index >= 15 is 0 Å². The number of ketones is 1. The SMILES string of the molecule is CC(C)CCN(CCC1CCCC1=O)C1CC1. The molecule has 98 valence electrons. The van der Waals surface area contributed by atoms with Crippen LogP contribution in [0.3, 0.4) is 0 Å². The minimum Gasteiger partial charge on any atom is -0.300 e. The van der Waals surface area contributed by atoms with Crippen LogP contribution in [0.2, 0.25) is 0 Å². The Kier molecular flexibility index (Phi) is 4.61. The third-order valence-electron chi connectivity index (χ3n) is 4.25. The second kappa shape index (κ2) is 5.99. The van der Waals surface area contributed by atoms with Gasteiger partial charge in [-0.25, -0.2) is 0 Å². The van der Waals surface area contributed by atoms with Gasteiger partial charge in [-0.3, -0.25) is 4.79 Å². The van der Waals surface area contributed by atoms with Crippen molar-refractivity contribution in [3.8, 4) is 0 Å². The third-order valence-corrected chi connectivity index (χ3v) is 4.25. The Morgan fingerprint density at radius 2 is 2.00 bits per heavy atom. The van der Waals surface area contributed by atoms with Gasteiger partial charge in [0, 0.05) is 18.4 Å². The Balaban J connectivity index is 1.71. The highest BCUT2D eigenvalue weighted by atomic mass is 16.1. The predicted molar refractivity (Wildman–Crippen MR) is 71.0 cm³/mol. The van der Waals surface area contributed by atoms with Gasteiger partial charge in [0.15, 0.2) is 0 Å². The van der Waals surface area contributed by atoms with Gasteiger partial charge in [-0.1, -0.05) is 13.8 Å². The van der Waals surface area contributed by atoms with E-state index < -0.39 is 0 Å². The van der Waals surface area contributed by atoms with Gasteiger partial charge in [0.05, 0.1) is 0 Å². The molecule has 2 heteroatoms. The third kappa shape index (κ3) is 4.09. The number of hydrogen-bond acceptors (Lipinski definition) is 2. The lowest BCUT2D eigenvalue weighted by atomic mass is 10.0.